The van der Waals surface area contributed by atoms with Gasteiger partial charge in [0, 0.05) is 11.7 Å². The van der Waals surface area contributed by atoms with E-state index in [9.17, 15) is 9.59 Å². The maximum atomic E-state index is 13.8. The summed E-state index contributed by atoms with van der Waals surface area (Å²) in [5.74, 6) is 0.302. The molecule has 1 aliphatic carbocycles. The zero-order valence-electron chi connectivity index (χ0n) is 19.3. The van der Waals surface area contributed by atoms with E-state index in [1.807, 2.05) is 56.3 Å². The van der Waals surface area contributed by atoms with E-state index in [0.29, 0.717) is 17.0 Å². The molecule has 1 aromatic heterocycles. The summed E-state index contributed by atoms with van der Waals surface area (Å²) < 4.78 is 10.8. The smallest absolute Gasteiger partial charge is 0.294 e. The number of nitrogens with zero attached hydrogens (tertiary/aromatic N) is 1. The van der Waals surface area contributed by atoms with Crippen LogP contribution in [0.3, 0.4) is 0 Å². The standard InChI is InChI=1S/C27H30N2O4/c1-18-8-6-11-23(19(18)2)29(27(31)24-12-7-17-33-24)25(20-13-15-22(32-3)16-14-20)26(30)28-21-9-4-5-10-21/h6-8,11-17,21,25H,4-5,9-10H2,1-3H3,(H,28,30)/t25-/m1/s1. The summed E-state index contributed by atoms with van der Waals surface area (Å²) in [6, 6.07) is 15.6. The molecule has 6 nitrogen and oxygen atoms in total. The molecule has 0 spiro atoms. The van der Waals surface area contributed by atoms with E-state index < -0.39 is 6.04 Å². The predicted molar refractivity (Wildman–Crippen MR) is 128 cm³/mol. The zero-order valence-corrected chi connectivity index (χ0v) is 19.3. The first-order valence-electron chi connectivity index (χ1n) is 11.4. The monoisotopic (exact) mass is 446 g/mol. The molecular formula is C27H30N2O4. The van der Waals surface area contributed by atoms with Gasteiger partial charge in [-0.25, -0.2) is 0 Å². The van der Waals surface area contributed by atoms with Crippen LogP contribution in [-0.2, 0) is 4.79 Å². The Morgan fingerprint density at radius 3 is 2.39 bits per heavy atom. The highest BCUT2D eigenvalue weighted by atomic mass is 16.5. The number of rotatable bonds is 7. The largest absolute Gasteiger partial charge is 0.497 e. The van der Waals surface area contributed by atoms with Crippen LogP contribution in [0.1, 0.15) is 59.0 Å². The van der Waals surface area contributed by atoms with Crippen molar-refractivity contribution in [1.82, 2.24) is 5.32 Å². The minimum Gasteiger partial charge on any atom is -0.497 e. The van der Waals surface area contributed by atoms with Gasteiger partial charge in [-0.05, 0) is 73.7 Å². The van der Waals surface area contributed by atoms with Crippen LogP contribution in [0, 0.1) is 13.8 Å². The number of amides is 2. The Hall–Kier alpha value is -3.54. The lowest BCUT2D eigenvalue weighted by Gasteiger charge is -2.33. The van der Waals surface area contributed by atoms with Crippen molar-refractivity contribution in [3.8, 4) is 5.75 Å². The summed E-state index contributed by atoms with van der Waals surface area (Å²) in [7, 11) is 1.60. The zero-order chi connectivity index (χ0) is 23.4. The van der Waals surface area contributed by atoms with Crippen molar-refractivity contribution in [2.24, 2.45) is 0 Å². The highest BCUT2D eigenvalue weighted by Gasteiger charge is 2.36. The molecule has 1 saturated carbocycles. The molecule has 1 fully saturated rings. The summed E-state index contributed by atoms with van der Waals surface area (Å²) in [6.07, 6.45) is 5.58. The molecule has 0 radical (unpaired) electrons. The fourth-order valence-electron chi connectivity index (χ4n) is 4.44. The molecule has 2 amide bonds. The number of nitrogens with one attached hydrogen (secondary N) is 1. The van der Waals surface area contributed by atoms with Gasteiger partial charge in [0.25, 0.3) is 5.91 Å². The van der Waals surface area contributed by atoms with Gasteiger partial charge in [-0.3, -0.25) is 14.5 Å². The Morgan fingerprint density at radius 1 is 1.03 bits per heavy atom. The average molecular weight is 447 g/mol. The summed E-state index contributed by atoms with van der Waals surface area (Å²) in [5, 5.41) is 3.20. The first-order valence-corrected chi connectivity index (χ1v) is 11.4. The SMILES string of the molecule is COc1ccc([C@H](C(=O)NC2CCCC2)N(C(=O)c2ccco2)c2cccc(C)c2C)cc1. The number of ether oxygens (including phenoxy) is 1. The number of carbonyl (C=O) groups excluding carboxylic acids is 2. The summed E-state index contributed by atoms with van der Waals surface area (Å²) >= 11 is 0. The second-order valence-corrected chi connectivity index (χ2v) is 8.54. The molecule has 0 aliphatic heterocycles. The molecule has 3 aromatic rings. The van der Waals surface area contributed by atoms with Crippen LogP contribution in [0.2, 0.25) is 0 Å². The third-order valence-corrected chi connectivity index (χ3v) is 6.43. The Labute approximate surface area is 194 Å². The molecule has 33 heavy (non-hydrogen) atoms. The highest BCUT2D eigenvalue weighted by molar-refractivity contribution is 6.09. The quantitative estimate of drug-likeness (QED) is 0.531. The van der Waals surface area contributed by atoms with E-state index in [2.05, 4.69) is 5.32 Å². The molecule has 2 aromatic carbocycles. The lowest BCUT2D eigenvalue weighted by molar-refractivity contribution is -0.123. The minimum atomic E-state index is -0.866. The second kappa shape index (κ2) is 9.94. The summed E-state index contributed by atoms with van der Waals surface area (Å²) in [6.45, 7) is 3.96. The second-order valence-electron chi connectivity index (χ2n) is 8.54. The van der Waals surface area contributed by atoms with Crippen molar-refractivity contribution in [2.75, 3.05) is 12.0 Å². The van der Waals surface area contributed by atoms with Crippen LogP contribution in [-0.4, -0.2) is 25.0 Å². The van der Waals surface area contributed by atoms with Crippen LogP contribution < -0.4 is 15.0 Å². The Morgan fingerprint density at radius 2 is 1.76 bits per heavy atom. The van der Waals surface area contributed by atoms with Crippen LogP contribution in [0.15, 0.2) is 65.3 Å². The normalized spacial score (nSPS) is 14.6. The number of furan rings is 1. The predicted octanol–water partition coefficient (Wildman–Crippen LogP) is 5.35. The van der Waals surface area contributed by atoms with Crippen molar-refractivity contribution in [3.05, 3.63) is 83.3 Å². The maximum Gasteiger partial charge on any atom is 0.294 e. The van der Waals surface area contributed by atoms with E-state index in [4.69, 9.17) is 9.15 Å². The van der Waals surface area contributed by atoms with E-state index in [-0.39, 0.29) is 23.6 Å². The van der Waals surface area contributed by atoms with Gasteiger partial charge in [0.1, 0.15) is 11.8 Å². The van der Waals surface area contributed by atoms with E-state index >= 15 is 0 Å². The Balaban J connectivity index is 1.84. The molecule has 0 saturated heterocycles. The number of hydrogen-bond acceptors (Lipinski definition) is 4. The molecule has 0 unspecified atom stereocenters. The molecule has 1 heterocycles. The number of hydrogen-bond donors (Lipinski definition) is 1. The van der Waals surface area contributed by atoms with Gasteiger partial charge in [0.05, 0.1) is 13.4 Å². The number of benzene rings is 2. The first-order chi connectivity index (χ1) is 16.0. The topological polar surface area (TPSA) is 71.8 Å². The summed E-state index contributed by atoms with van der Waals surface area (Å²) in [4.78, 5) is 29.1. The lowest BCUT2D eigenvalue weighted by Crippen LogP contribution is -2.46. The summed E-state index contributed by atoms with van der Waals surface area (Å²) in [5.41, 5.74) is 3.35. The molecule has 1 atom stereocenters. The van der Waals surface area contributed by atoms with Gasteiger partial charge in [-0.15, -0.1) is 0 Å². The molecule has 1 aliphatic rings. The number of anilines is 1. The molecule has 0 bridgehead atoms. The van der Waals surface area contributed by atoms with Gasteiger partial charge < -0.3 is 14.5 Å². The van der Waals surface area contributed by atoms with Crippen LogP contribution >= 0.6 is 0 Å². The lowest BCUT2D eigenvalue weighted by atomic mass is 9.99. The van der Waals surface area contributed by atoms with Crippen molar-refractivity contribution in [2.45, 2.75) is 51.6 Å². The molecule has 172 valence electrons. The third kappa shape index (κ3) is 4.80. The number of aryl methyl sites for hydroxylation is 1. The van der Waals surface area contributed by atoms with E-state index in [1.165, 1.54) is 6.26 Å². The fourth-order valence-corrected chi connectivity index (χ4v) is 4.44. The number of carbonyl (C=O) groups is 2. The van der Waals surface area contributed by atoms with Crippen LogP contribution in [0.4, 0.5) is 5.69 Å². The Kier molecular flexibility index (Phi) is 6.82. The molecule has 4 rings (SSSR count). The van der Waals surface area contributed by atoms with E-state index in [0.717, 1.165) is 36.8 Å². The van der Waals surface area contributed by atoms with E-state index in [1.54, 1.807) is 24.1 Å². The first kappa shape index (κ1) is 22.6. The van der Waals surface area contributed by atoms with Crippen LogP contribution in [0.25, 0.3) is 0 Å². The average Bonchev–Trinajstić information content (AvgIpc) is 3.54. The van der Waals surface area contributed by atoms with Gasteiger partial charge in [0.15, 0.2) is 5.76 Å². The van der Waals surface area contributed by atoms with Gasteiger partial charge in [-0.1, -0.05) is 37.1 Å². The molecule has 6 heteroatoms. The number of methoxy groups -OCH3 is 1. The van der Waals surface area contributed by atoms with Gasteiger partial charge >= 0.3 is 0 Å². The third-order valence-electron chi connectivity index (χ3n) is 6.43. The van der Waals surface area contributed by atoms with Crippen molar-refractivity contribution in [3.63, 3.8) is 0 Å². The molecular weight excluding hydrogens is 416 g/mol. The van der Waals surface area contributed by atoms with Gasteiger partial charge in [0.2, 0.25) is 5.91 Å². The van der Waals surface area contributed by atoms with Crippen LogP contribution in [0.5, 0.6) is 5.75 Å². The highest BCUT2D eigenvalue weighted by Crippen LogP contribution is 2.34. The Bertz CT molecular complexity index is 1100. The van der Waals surface area contributed by atoms with Crippen molar-refractivity contribution >= 4 is 17.5 Å². The minimum absolute atomic E-state index is 0.123. The van der Waals surface area contributed by atoms with Crippen molar-refractivity contribution in [1.29, 1.82) is 0 Å². The van der Waals surface area contributed by atoms with Gasteiger partial charge in [-0.2, -0.15) is 0 Å². The van der Waals surface area contributed by atoms with Crippen molar-refractivity contribution < 1.29 is 18.7 Å². The fraction of sp³-hybridized carbons (Fsp3) is 0.333. The maximum absolute atomic E-state index is 13.8. The molecule has 1 N–H and O–H groups in total.